The molecule has 224 valence electrons. The molecule has 10 heteroatoms. The van der Waals surface area contributed by atoms with Crippen LogP contribution in [-0.2, 0) is 0 Å². The molecule has 1 heterocycles. The first-order valence-electron chi connectivity index (χ1n) is 13.9. The number of amides is 1. The number of aromatic nitrogens is 1. The Morgan fingerprint density at radius 2 is 1.61 bits per heavy atom. The molecule has 5 aromatic rings. The predicted molar refractivity (Wildman–Crippen MR) is 171 cm³/mol. The lowest BCUT2D eigenvalue weighted by molar-refractivity contribution is 0.0728. The van der Waals surface area contributed by atoms with E-state index in [0.29, 0.717) is 57.8 Å². The van der Waals surface area contributed by atoms with Crippen molar-refractivity contribution >= 4 is 40.6 Å². The van der Waals surface area contributed by atoms with E-state index in [1.165, 1.54) is 13.3 Å². The summed E-state index contributed by atoms with van der Waals surface area (Å²) >= 11 is 6.42. The SMILES string of the molecule is CCOc1ccc(C(=O)Oc2ccc(C=NNC(=O)c3[nH]c4c(Cl)cccc4c3-c3ccccc3)cc2OC)cc1OCC. The molecule has 4 aromatic carbocycles. The highest BCUT2D eigenvalue weighted by atomic mass is 35.5. The van der Waals surface area contributed by atoms with Crippen molar-refractivity contribution in [1.29, 1.82) is 0 Å². The van der Waals surface area contributed by atoms with Crippen molar-refractivity contribution in [3.63, 3.8) is 0 Å². The molecule has 9 nitrogen and oxygen atoms in total. The Balaban J connectivity index is 1.32. The van der Waals surface area contributed by atoms with Gasteiger partial charge in [0, 0.05) is 10.9 Å². The number of hydrogen-bond donors (Lipinski definition) is 2. The third-order valence-electron chi connectivity index (χ3n) is 6.62. The highest BCUT2D eigenvalue weighted by Gasteiger charge is 2.20. The zero-order valence-corrected chi connectivity index (χ0v) is 25.1. The number of nitrogens with zero attached hydrogens (tertiary/aromatic N) is 1. The van der Waals surface area contributed by atoms with Crippen LogP contribution in [0.3, 0.4) is 0 Å². The van der Waals surface area contributed by atoms with Gasteiger partial charge < -0.3 is 23.9 Å². The van der Waals surface area contributed by atoms with Gasteiger partial charge >= 0.3 is 5.97 Å². The van der Waals surface area contributed by atoms with Crippen molar-refractivity contribution in [1.82, 2.24) is 10.4 Å². The number of hydrogen-bond acceptors (Lipinski definition) is 7. The van der Waals surface area contributed by atoms with Crippen LogP contribution in [0.1, 0.15) is 40.3 Å². The van der Waals surface area contributed by atoms with E-state index in [9.17, 15) is 9.59 Å². The van der Waals surface area contributed by atoms with Crippen LogP contribution in [-0.4, -0.2) is 43.4 Å². The second-order valence-electron chi connectivity index (χ2n) is 9.43. The third kappa shape index (κ3) is 6.53. The molecule has 44 heavy (non-hydrogen) atoms. The largest absolute Gasteiger partial charge is 0.493 e. The number of esters is 1. The number of methoxy groups -OCH3 is 1. The number of benzene rings is 4. The molecule has 0 saturated heterocycles. The van der Waals surface area contributed by atoms with E-state index in [2.05, 4.69) is 15.5 Å². The zero-order valence-electron chi connectivity index (χ0n) is 24.3. The molecular formula is C34H30ClN3O6. The number of aromatic amines is 1. The molecule has 5 rings (SSSR count). The lowest BCUT2D eigenvalue weighted by atomic mass is 10.0. The van der Waals surface area contributed by atoms with Gasteiger partial charge in [-0.05, 0) is 67.4 Å². The molecule has 1 amide bonds. The molecular weight excluding hydrogens is 582 g/mol. The normalized spacial score (nSPS) is 11.0. The Bertz CT molecular complexity index is 1830. The molecule has 0 bridgehead atoms. The number of para-hydroxylation sites is 1. The number of carbonyl (C=O) groups is 2. The van der Waals surface area contributed by atoms with Gasteiger partial charge in [0.25, 0.3) is 5.91 Å². The molecule has 0 radical (unpaired) electrons. The average Bonchev–Trinajstić information content (AvgIpc) is 3.44. The summed E-state index contributed by atoms with van der Waals surface area (Å²) in [4.78, 5) is 29.4. The minimum Gasteiger partial charge on any atom is -0.493 e. The molecule has 0 unspecified atom stereocenters. The van der Waals surface area contributed by atoms with Gasteiger partial charge in [0.2, 0.25) is 0 Å². The van der Waals surface area contributed by atoms with Crippen molar-refractivity contribution < 1.29 is 28.5 Å². The number of H-pyrrole nitrogens is 1. The fourth-order valence-corrected chi connectivity index (χ4v) is 4.89. The topological polar surface area (TPSA) is 111 Å². The Morgan fingerprint density at radius 3 is 2.36 bits per heavy atom. The molecule has 0 saturated carbocycles. The summed E-state index contributed by atoms with van der Waals surface area (Å²) in [7, 11) is 1.46. The van der Waals surface area contributed by atoms with Crippen molar-refractivity contribution in [2.75, 3.05) is 20.3 Å². The number of hydrazone groups is 1. The fraction of sp³-hybridized carbons (Fsp3) is 0.147. The second-order valence-corrected chi connectivity index (χ2v) is 9.84. The summed E-state index contributed by atoms with van der Waals surface area (Å²) in [5.41, 5.74) is 6.06. The van der Waals surface area contributed by atoms with E-state index in [4.69, 9.17) is 30.5 Å². The van der Waals surface area contributed by atoms with Gasteiger partial charge in [-0.1, -0.05) is 54.1 Å². The van der Waals surface area contributed by atoms with Crippen LogP contribution in [0, 0.1) is 0 Å². The number of fused-ring (bicyclic) bond motifs is 1. The molecule has 0 aliphatic rings. The first kappa shape index (κ1) is 30.2. The molecule has 2 N–H and O–H groups in total. The second kappa shape index (κ2) is 13.8. The van der Waals surface area contributed by atoms with Crippen LogP contribution < -0.4 is 24.4 Å². The maximum atomic E-state index is 13.3. The van der Waals surface area contributed by atoms with Gasteiger partial charge in [0.05, 0.1) is 42.6 Å². The Labute approximate surface area is 259 Å². The lowest BCUT2D eigenvalue weighted by Crippen LogP contribution is -2.18. The van der Waals surface area contributed by atoms with E-state index < -0.39 is 11.9 Å². The number of carbonyl (C=O) groups excluding carboxylic acids is 2. The lowest BCUT2D eigenvalue weighted by Gasteiger charge is -2.13. The van der Waals surface area contributed by atoms with E-state index >= 15 is 0 Å². The maximum Gasteiger partial charge on any atom is 0.343 e. The minimum absolute atomic E-state index is 0.216. The molecule has 0 atom stereocenters. The van der Waals surface area contributed by atoms with Crippen LogP contribution in [0.5, 0.6) is 23.0 Å². The zero-order chi connectivity index (χ0) is 31.1. The van der Waals surface area contributed by atoms with Gasteiger partial charge in [-0.2, -0.15) is 5.10 Å². The van der Waals surface area contributed by atoms with Crippen LogP contribution in [0.25, 0.3) is 22.0 Å². The summed E-state index contributed by atoms with van der Waals surface area (Å²) < 4.78 is 22.2. The third-order valence-corrected chi connectivity index (χ3v) is 6.94. The van der Waals surface area contributed by atoms with Crippen molar-refractivity contribution in [2.24, 2.45) is 5.10 Å². The number of ether oxygens (including phenoxy) is 4. The van der Waals surface area contributed by atoms with Gasteiger partial charge in [-0.3, -0.25) is 4.79 Å². The number of rotatable bonds is 11. The molecule has 0 spiro atoms. The van der Waals surface area contributed by atoms with Crippen LogP contribution >= 0.6 is 11.6 Å². The Hall–Kier alpha value is -5.28. The first-order chi connectivity index (χ1) is 21.4. The maximum absolute atomic E-state index is 13.3. The quantitative estimate of drug-likeness (QED) is 0.0703. The van der Waals surface area contributed by atoms with E-state index in [1.807, 2.05) is 56.3 Å². The van der Waals surface area contributed by atoms with Crippen LogP contribution in [0.2, 0.25) is 5.02 Å². The number of nitrogens with one attached hydrogen (secondary N) is 2. The van der Waals surface area contributed by atoms with Gasteiger partial charge in [0.1, 0.15) is 5.69 Å². The standard InChI is InChI=1S/C34H30ClN3O6/c1-4-42-26-17-15-23(19-29(26)43-5-2)34(40)44-27-16-14-21(18-28(27)41-3)20-36-38-33(39)32-30(22-10-7-6-8-11-22)24-12-9-13-25(35)31(24)37-32/h6-20,37H,4-5H2,1-3H3,(H,38,39). The first-order valence-corrected chi connectivity index (χ1v) is 14.3. The minimum atomic E-state index is -0.589. The summed E-state index contributed by atoms with van der Waals surface area (Å²) in [6.07, 6.45) is 1.46. The van der Waals surface area contributed by atoms with Crippen LogP contribution in [0.4, 0.5) is 0 Å². The summed E-state index contributed by atoms with van der Waals surface area (Å²) in [5, 5.41) is 5.48. The molecule has 1 aromatic heterocycles. The summed E-state index contributed by atoms with van der Waals surface area (Å²) in [5.74, 6) is 0.495. The molecule has 0 fully saturated rings. The highest BCUT2D eigenvalue weighted by Crippen LogP contribution is 2.36. The van der Waals surface area contributed by atoms with Crippen molar-refractivity contribution in [2.45, 2.75) is 13.8 Å². The monoisotopic (exact) mass is 611 g/mol. The summed E-state index contributed by atoms with van der Waals surface area (Å²) in [6, 6.07) is 24.9. The predicted octanol–water partition coefficient (Wildman–Crippen LogP) is 7.28. The van der Waals surface area contributed by atoms with Crippen molar-refractivity contribution in [3.05, 3.63) is 107 Å². The van der Waals surface area contributed by atoms with Crippen LogP contribution in [0.15, 0.2) is 90.0 Å². The smallest absolute Gasteiger partial charge is 0.343 e. The fourth-order valence-electron chi connectivity index (χ4n) is 4.66. The highest BCUT2D eigenvalue weighted by molar-refractivity contribution is 6.36. The number of halogens is 1. The Kier molecular flexibility index (Phi) is 9.46. The average molecular weight is 612 g/mol. The van der Waals surface area contributed by atoms with Gasteiger partial charge in [-0.25, -0.2) is 10.2 Å². The van der Waals surface area contributed by atoms with E-state index in [1.54, 1.807) is 42.5 Å². The van der Waals surface area contributed by atoms with E-state index in [-0.39, 0.29) is 5.75 Å². The molecule has 0 aliphatic carbocycles. The van der Waals surface area contributed by atoms with E-state index in [0.717, 1.165) is 16.5 Å². The van der Waals surface area contributed by atoms with Gasteiger partial charge in [-0.15, -0.1) is 0 Å². The van der Waals surface area contributed by atoms with Gasteiger partial charge in [0.15, 0.2) is 23.0 Å². The molecule has 0 aliphatic heterocycles. The Morgan fingerprint density at radius 1 is 0.864 bits per heavy atom. The van der Waals surface area contributed by atoms with Crippen molar-refractivity contribution in [3.8, 4) is 34.1 Å². The summed E-state index contributed by atoms with van der Waals surface area (Å²) in [6.45, 7) is 4.60.